The molecular formula is C18H21N5. The Morgan fingerprint density at radius 1 is 1.13 bits per heavy atom. The zero-order valence-electron chi connectivity index (χ0n) is 13.4. The Balaban J connectivity index is 1.61. The lowest BCUT2D eigenvalue weighted by Crippen LogP contribution is -2.43. The molecule has 0 amide bonds. The van der Waals surface area contributed by atoms with Crippen LogP contribution in [-0.2, 0) is 6.42 Å². The standard InChI is InChI=1S/C18H21N5/c1-14-4-2-3-5-15(14)12-17-20-18-13-16(6-9-23(18)21-17)22-10-7-19-8-11-22/h2-6,9,13,19H,7-8,10-12H2,1H3. The van der Waals surface area contributed by atoms with E-state index in [1.165, 1.54) is 16.8 Å². The predicted molar refractivity (Wildman–Crippen MR) is 92.1 cm³/mol. The number of piperazine rings is 1. The summed E-state index contributed by atoms with van der Waals surface area (Å²) >= 11 is 0. The third-order valence-electron chi connectivity index (χ3n) is 4.46. The number of hydrogen-bond donors (Lipinski definition) is 1. The highest BCUT2D eigenvalue weighted by molar-refractivity contribution is 5.56. The monoisotopic (exact) mass is 307 g/mol. The minimum Gasteiger partial charge on any atom is -0.369 e. The van der Waals surface area contributed by atoms with Gasteiger partial charge in [-0.3, -0.25) is 0 Å². The van der Waals surface area contributed by atoms with Crippen LogP contribution < -0.4 is 10.2 Å². The molecule has 1 saturated heterocycles. The van der Waals surface area contributed by atoms with Crippen molar-refractivity contribution < 1.29 is 0 Å². The average molecular weight is 307 g/mol. The highest BCUT2D eigenvalue weighted by Gasteiger charge is 2.12. The molecule has 0 spiro atoms. The molecule has 0 atom stereocenters. The fraction of sp³-hybridized carbons (Fsp3) is 0.333. The Morgan fingerprint density at radius 2 is 1.96 bits per heavy atom. The van der Waals surface area contributed by atoms with Gasteiger partial charge >= 0.3 is 0 Å². The number of benzene rings is 1. The predicted octanol–water partition coefficient (Wildman–Crippen LogP) is 2.04. The summed E-state index contributed by atoms with van der Waals surface area (Å²) in [7, 11) is 0. The van der Waals surface area contributed by atoms with Crippen molar-refractivity contribution in [3.63, 3.8) is 0 Å². The van der Waals surface area contributed by atoms with Gasteiger partial charge in [-0.25, -0.2) is 9.50 Å². The first-order valence-electron chi connectivity index (χ1n) is 8.15. The van der Waals surface area contributed by atoms with Crippen LogP contribution in [0.25, 0.3) is 5.65 Å². The van der Waals surface area contributed by atoms with Gasteiger partial charge in [-0.1, -0.05) is 24.3 Å². The van der Waals surface area contributed by atoms with Crippen LogP contribution >= 0.6 is 0 Å². The third kappa shape index (κ3) is 2.92. The summed E-state index contributed by atoms with van der Waals surface area (Å²) in [4.78, 5) is 7.11. The molecule has 0 radical (unpaired) electrons. The normalized spacial score (nSPS) is 15.3. The van der Waals surface area contributed by atoms with Gasteiger partial charge in [-0.15, -0.1) is 0 Å². The second-order valence-corrected chi connectivity index (χ2v) is 6.06. The molecule has 118 valence electrons. The minimum absolute atomic E-state index is 0.775. The summed E-state index contributed by atoms with van der Waals surface area (Å²) in [5.41, 5.74) is 4.72. The second kappa shape index (κ2) is 6.01. The van der Waals surface area contributed by atoms with Gasteiger partial charge in [0.1, 0.15) is 0 Å². The number of aryl methyl sites for hydroxylation is 1. The van der Waals surface area contributed by atoms with Crippen LogP contribution in [0.1, 0.15) is 17.0 Å². The third-order valence-corrected chi connectivity index (χ3v) is 4.46. The Kier molecular flexibility index (Phi) is 3.71. The fourth-order valence-corrected chi connectivity index (χ4v) is 3.09. The molecule has 1 aromatic carbocycles. The summed E-state index contributed by atoms with van der Waals surface area (Å²) in [6, 6.07) is 12.7. The number of anilines is 1. The number of fused-ring (bicyclic) bond motifs is 1. The zero-order valence-corrected chi connectivity index (χ0v) is 13.4. The summed E-state index contributed by atoms with van der Waals surface area (Å²) in [6.07, 6.45) is 2.79. The quantitative estimate of drug-likeness (QED) is 0.804. The average Bonchev–Trinajstić information content (AvgIpc) is 2.99. The van der Waals surface area contributed by atoms with Gasteiger partial charge in [0.15, 0.2) is 11.5 Å². The lowest BCUT2D eigenvalue weighted by atomic mass is 10.1. The number of rotatable bonds is 3. The van der Waals surface area contributed by atoms with Gasteiger partial charge in [0.2, 0.25) is 0 Å². The largest absolute Gasteiger partial charge is 0.369 e. The SMILES string of the molecule is Cc1ccccc1Cc1nc2cc(N3CCNCC3)ccn2n1. The van der Waals surface area contributed by atoms with Crippen molar-refractivity contribution in [3.8, 4) is 0 Å². The molecule has 3 aromatic rings. The van der Waals surface area contributed by atoms with Crippen molar-refractivity contribution in [1.82, 2.24) is 19.9 Å². The lowest BCUT2D eigenvalue weighted by molar-refractivity contribution is 0.589. The fourth-order valence-electron chi connectivity index (χ4n) is 3.09. The summed E-state index contributed by atoms with van der Waals surface area (Å²) in [5.74, 6) is 0.872. The van der Waals surface area contributed by atoms with E-state index in [1.54, 1.807) is 0 Å². The Labute approximate surface area is 136 Å². The molecular weight excluding hydrogens is 286 g/mol. The molecule has 1 aliphatic heterocycles. The molecule has 5 nitrogen and oxygen atoms in total. The van der Waals surface area contributed by atoms with Crippen LogP contribution in [-0.4, -0.2) is 40.8 Å². The molecule has 0 aliphatic carbocycles. The van der Waals surface area contributed by atoms with Crippen LogP contribution in [0, 0.1) is 6.92 Å². The maximum atomic E-state index is 4.71. The topological polar surface area (TPSA) is 45.5 Å². The van der Waals surface area contributed by atoms with E-state index in [9.17, 15) is 0 Å². The smallest absolute Gasteiger partial charge is 0.157 e. The van der Waals surface area contributed by atoms with Crippen molar-refractivity contribution in [2.24, 2.45) is 0 Å². The van der Waals surface area contributed by atoms with E-state index in [0.717, 1.165) is 44.1 Å². The molecule has 0 bridgehead atoms. The van der Waals surface area contributed by atoms with Crippen LogP contribution in [0.3, 0.4) is 0 Å². The van der Waals surface area contributed by atoms with Gasteiger partial charge in [-0.05, 0) is 24.1 Å². The lowest BCUT2D eigenvalue weighted by Gasteiger charge is -2.29. The molecule has 23 heavy (non-hydrogen) atoms. The molecule has 1 fully saturated rings. The molecule has 1 aliphatic rings. The summed E-state index contributed by atoms with van der Waals surface area (Å²) < 4.78 is 1.87. The van der Waals surface area contributed by atoms with Crippen molar-refractivity contribution in [3.05, 3.63) is 59.5 Å². The Morgan fingerprint density at radius 3 is 2.78 bits per heavy atom. The maximum absolute atomic E-state index is 4.71. The van der Waals surface area contributed by atoms with E-state index >= 15 is 0 Å². The van der Waals surface area contributed by atoms with Crippen molar-refractivity contribution in [2.75, 3.05) is 31.1 Å². The summed E-state index contributed by atoms with van der Waals surface area (Å²) in [5, 5.41) is 7.99. The Bertz CT molecular complexity index is 817. The van der Waals surface area contributed by atoms with Gasteiger partial charge in [0.25, 0.3) is 0 Å². The van der Waals surface area contributed by atoms with E-state index in [0.29, 0.717) is 0 Å². The molecule has 0 saturated carbocycles. The van der Waals surface area contributed by atoms with E-state index in [2.05, 4.69) is 58.6 Å². The van der Waals surface area contributed by atoms with E-state index < -0.39 is 0 Å². The molecule has 5 heteroatoms. The molecule has 2 aromatic heterocycles. The van der Waals surface area contributed by atoms with Crippen molar-refractivity contribution in [1.29, 1.82) is 0 Å². The maximum Gasteiger partial charge on any atom is 0.157 e. The van der Waals surface area contributed by atoms with Crippen molar-refractivity contribution in [2.45, 2.75) is 13.3 Å². The first-order valence-corrected chi connectivity index (χ1v) is 8.15. The highest BCUT2D eigenvalue weighted by Crippen LogP contribution is 2.18. The van der Waals surface area contributed by atoms with Crippen LogP contribution in [0.15, 0.2) is 42.6 Å². The number of hydrogen-bond acceptors (Lipinski definition) is 4. The van der Waals surface area contributed by atoms with Gasteiger partial charge in [0.05, 0.1) is 0 Å². The van der Waals surface area contributed by atoms with Gasteiger partial charge in [-0.2, -0.15) is 5.10 Å². The van der Waals surface area contributed by atoms with Gasteiger partial charge < -0.3 is 10.2 Å². The first-order chi connectivity index (χ1) is 11.3. The zero-order chi connectivity index (χ0) is 15.6. The number of aromatic nitrogens is 3. The number of pyridine rings is 1. The molecule has 3 heterocycles. The molecule has 1 N–H and O–H groups in total. The summed E-state index contributed by atoms with van der Waals surface area (Å²) in [6.45, 7) is 6.29. The second-order valence-electron chi connectivity index (χ2n) is 6.06. The van der Waals surface area contributed by atoms with Crippen molar-refractivity contribution >= 4 is 11.3 Å². The minimum atomic E-state index is 0.775. The van der Waals surface area contributed by atoms with E-state index in [-0.39, 0.29) is 0 Å². The Hall–Kier alpha value is -2.40. The van der Waals surface area contributed by atoms with Gasteiger partial charge in [0, 0.05) is 50.6 Å². The van der Waals surface area contributed by atoms with Crippen LogP contribution in [0.5, 0.6) is 0 Å². The number of nitrogens with zero attached hydrogens (tertiary/aromatic N) is 4. The molecule has 4 rings (SSSR count). The number of nitrogens with one attached hydrogen (secondary N) is 1. The molecule has 0 unspecified atom stereocenters. The highest BCUT2D eigenvalue weighted by atomic mass is 15.3. The van der Waals surface area contributed by atoms with E-state index in [4.69, 9.17) is 4.98 Å². The van der Waals surface area contributed by atoms with E-state index in [1.807, 2.05) is 10.7 Å². The first kappa shape index (κ1) is 14.2. The van der Waals surface area contributed by atoms with Crippen LogP contribution in [0.2, 0.25) is 0 Å². The van der Waals surface area contributed by atoms with Crippen LogP contribution in [0.4, 0.5) is 5.69 Å².